The van der Waals surface area contributed by atoms with Crippen LogP contribution in [-0.2, 0) is 4.74 Å². The second kappa shape index (κ2) is 9.18. The zero-order chi connectivity index (χ0) is 19.1. The molecule has 1 amide bonds. The van der Waals surface area contributed by atoms with E-state index in [2.05, 4.69) is 6.82 Å². The van der Waals surface area contributed by atoms with Crippen LogP contribution in [0.15, 0.2) is 48.5 Å². The number of methoxy groups -OCH3 is 1. The molecular formula is C20H23BFNO3. The van der Waals surface area contributed by atoms with Crippen LogP contribution in [0.4, 0.5) is 9.18 Å². The highest BCUT2D eigenvalue weighted by atomic mass is 19.1. The molecule has 2 aromatic carbocycles. The van der Waals surface area contributed by atoms with E-state index >= 15 is 0 Å². The second-order valence-electron chi connectivity index (χ2n) is 6.09. The summed E-state index contributed by atoms with van der Waals surface area (Å²) in [5.41, 5.74) is 2.20. The molecule has 0 heterocycles. The third-order valence-corrected chi connectivity index (χ3v) is 4.50. The number of ketones is 1. The lowest BCUT2D eigenvalue weighted by Gasteiger charge is -2.28. The number of rotatable bonds is 7. The second-order valence-corrected chi connectivity index (χ2v) is 6.09. The summed E-state index contributed by atoms with van der Waals surface area (Å²) in [6.07, 6.45) is -0.494. The van der Waals surface area contributed by atoms with Gasteiger partial charge in [-0.1, -0.05) is 48.7 Å². The predicted molar refractivity (Wildman–Crippen MR) is 102 cm³/mol. The standard InChI is InChI=1S/C20H23BFNO3/c1-14(15-8-10-16(21-2)11-9-15)23(20(25)26-3)13-12-19(24)17-6-4-5-7-18(17)22/h4-11,14,21H,12-13H2,1-3H3/t14-/m0/s1. The van der Waals surface area contributed by atoms with Gasteiger partial charge in [0.05, 0.1) is 18.7 Å². The van der Waals surface area contributed by atoms with Crippen LogP contribution >= 0.6 is 0 Å². The van der Waals surface area contributed by atoms with Crippen LogP contribution in [0, 0.1) is 5.82 Å². The molecule has 2 rings (SSSR count). The molecule has 0 saturated heterocycles. The van der Waals surface area contributed by atoms with E-state index in [1.54, 1.807) is 6.07 Å². The van der Waals surface area contributed by atoms with Crippen LogP contribution in [0.3, 0.4) is 0 Å². The number of ether oxygens (including phenoxy) is 1. The van der Waals surface area contributed by atoms with Gasteiger partial charge >= 0.3 is 6.09 Å². The summed E-state index contributed by atoms with van der Waals surface area (Å²) in [5, 5.41) is 0. The van der Waals surface area contributed by atoms with Crippen LogP contribution in [0.25, 0.3) is 0 Å². The van der Waals surface area contributed by atoms with Crippen molar-refractivity contribution in [2.75, 3.05) is 13.7 Å². The van der Waals surface area contributed by atoms with Gasteiger partial charge in [-0.25, -0.2) is 9.18 Å². The maximum absolute atomic E-state index is 13.8. The fraction of sp³-hybridized carbons (Fsp3) is 0.300. The lowest BCUT2D eigenvalue weighted by molar-refractivity contribution is 0.0908. The molecule has 1 atom stereocenters. The predicted octanol–water partition coefficient (Wildman–Crippen LogP) is 3.34. The van der Waals surface area contributed by atoms with E-state index in [9.17, 15) is 14.0 Å². The summed E-state index contributed by atoms with van der Waals surface area (Å²) in [6.45, 7) is 4.11. The monoisotopic (exact) mass is 355 g/mol. The summed E-state index contributed by atoms with van der Waals surface area (Å²) in [7, 11) is 2.24. The average molecular weight is 355 g/mol. The summed E-state index contributed by atoms with van der Waals surface area (Å²) in [5.74, 6) is -0.893. The van der Waals surface area contributed by atoms with Crippen LogP contribution in [0.5, 0.6) is 0 Å². The Bertz CT molecular complexity index is 764. The summed E-state index contributed by atoms with van der Waals surface area (Å²) < 4.78 is 18.6. The lowest BCUT2D eigenvalue weighted by Crippen LogP contribution is -2.35. The molecule has 0 radical (unpaired) electrons. The highest BCUT2D eigenvalue weighted by Crippen LogP contribution is 2.21. The molecule has 6 heteroatoms. The SMILES string of the molecule is CBc1ccc([C@H](C)N(CCC(=O)c2ccccc2F)C(=O)OC)cc1. The largest absolute Gasteiger partial charge is 0.453 e. The zero-order valence-electron chi connectivity index (χ0n) is 15.4. The average Bonchev–Trinajstić information content (AvgIpc) is 2.67. The first kappa shape index (κ1) is 19.7. The Labute approximate surface area is 154 Å². The molecule has 0 aliphatic rings. The number of hydrogen-bond donors (Lipinski definition) is 0. The van der Waals surface area contributed by atoms with Gasteiger partial charge < -0.3 is 9.64 Å². The highest BCUT2D eigenvalue weighted by Gasteiger charge is 2.23. The summed E-state index contributed by atoms with van der Waals surface area (Å²) in [4.78, 5) is 26.0. The summed E-state index contributed by atoms with van der Waals surface area (Å²) in [6, 6.07) is 13.6. The first-order valence-corrected chi connectivity index (χ1v) is 8.69. The van der Waals surface area contributed by atoms with Gasteiger partial charge in [-0.15, -0.1) is 0 Å². The first-order valence-electron chi connectivity index (χ1n) is 8.69. The minimum absolute atomic E-state index is 0.0212. The molecule has 4 nitrogen and oxygen atoms in total. The van der Waals surface area contributed by atoms with E-state index in [1.807, 2.05) is 31.2 Å². The molecule has 2 aromatic rings. The Morgan fingerprint density at radius 1 is 1.15 bits per heavy atom. The van der Waals surface area contributed by atoms with Gasteiger partial charge in [0.1, 0.15) is 5.82 Å². The molecule has 26 heavy (non-hydrogen) atoms. The van der Waals surface area contributed by atoms with Crippen molar-refractivity contribution in [2.24, 2.45) is 0 Å². The van der Waals surface area contributed by atoms with E-state index in [-0.39, 0.29) is 30.4 Å². The molecule has 0 aliphatic carbocycles. The summed E-state index contributed by atoms with van der Waals surface area (Å²) >= 11 is 0. The number of amides is 1. The van der Waals surface area contributed by atoms with Crippen LogP contribution in [0.2, 0.25) is 6.82 Å². The Kier molecular flexibility index (Phi) is 6.95. The number of carbonyl (C=O) groups excluding carboxylic acids is 2. The van der Waals surface area contributed by atoms with Gasteiger partial charge in [-0.3, -0.25) is 4.79 Å². The van der Waals surface area contributed by atoms with Crippen LogP contribution in [0.1, 0.15) is 35.3 Å². The maximum atomic E-state index is 13.8. The van der Waals surface area contributed by atoms with E-state index < -0.39 is 11.9 Å². The van der Waals surface area contributed by atoms with E-state index in [4.69, 9.17) is 4.74 Å². The quantitative estimate of drug-likeness (QED) is 0.565. The first-order chi connectivity index (χ1) is 12.5. The third kappa shape index (κ3) is 4.72. The molecule has 0 saturated carbocycles. The van der Waals surface area contributed by atoms with Gasteiger partial charge in [0.2, 0.25) is 0 Å². The third-order valence-electron chi connectivity index (χ3n) is 4.50. The van der Waals surface area contributed by atoms with Crippen molar-refractivity contribution in [3.8, 4) is 0 Å². The van der Waals surface area contributed by atoms with Crippen molar-refractivity contribution >= 4 is 24.6 Å². The molecule has 0 unspecified atom stereocenters. The molecule has 136 valence electrons. The van der Waals surface area contributed by atoms with E-state index in [0.717, 1.165) is 12.8 Å². The number of hydrogen-bond acceptors (Lipinski definition) is 3. The van der Waals surface area contributed by atoms with E-state index in [1.165, 1.54) is 35.7 Å². The molecule has 0 N–H and O–H groups in total. The number of halogens is 1. The number of benzene rings is 2. The van der Waals surface area contributed by atoms with Gasteiger partial charge in [0.25, 0.3) is 0 Å². The fourth-order valence-corrected chi connectivity index (χ4v) is 2.82. The van der Waals surface area contributed by atoms with Gasteiger partial charge in [0, 0.05) is 13.0 Å². The number of nitrogens with zero attached hydrogens (tertiary/aromatic N) is 1. The van der Waals surface area contributed by atoms with Crippen molar-refractivity contribution in [2.45, 2.75) is 26.2 Å². The van der Waals surface area contributed by atoms with Gasteiger partial charge in [-0.05, 0) is 24.6 Å². The maximum Gasteiger partial charge on any atom is 0.409 e. The van der Waals surface area contributed by atoms with Crippen LogP contribution in [-0.4, -0.2) is 37.7 Å². The van der Waals surface area contributed by atoms with E-state index in [0.29, 0.717) is 0 Å². The minimum Gasteiger partial charge on any atom is -0.453 e. The van der Waals surface area contributed by atoms with Crippen molar-refractivity contribution in [3.05, 3.63) is 65.5 Å². The molecular weight excluding hydrogens is 332 g/mol. The van der Waals surface area contributed by atoms with Crippen molar-refractivity contribution < 1.29 is 18.7 Å². The number of Topliss-reactive ketones (excluding diaryl/α,β-unsaturated/α-hetero) is 1. The Morgan fingerprint density at radius 2 is 1.81 bits per heavy atom. The molecule has 0 spiro atoms. The van der Waals surface area contributed by atoms with Crippen molar-refractivity contribution in [1.29, 1.82) is 0 Å². The topological polar surface area (TPSA) is 46.6 Å². The normalized spacial score (nSPS) is 11.5. The molecule has 0 bridgehead atoms. The minimum atomic E-state index is -0.551. The zero-order valence-corrected chi connectivity index (χ0v) is 15.4. The van der Waals surface area contributed by atoms with Gasteiger partial charge in [-0.2, -0.15) is 0 Å². The van der Waals surface area contributed by atoms with Crippen LogP contribution < -0.4 is 5.46 Å². The van der Waals surface area contributed by atoms with Crippen molar-refractivity contribution in [1.82, 2.24) is 4.90 Å². The number of carbonyl (C=O) groups is 2. The molecule has 0 aromatic heterocycles. The highest BCUT2D eigenvalue weighted by molar-refractivity contribution is 6.51. The fourth-order valence-electron chi connectivity index (χ4n) is 2.82. The smallest absolute Gasteiger partial charge is 0.409 e. The van der Waals surface area contributed by atoms with Crippen molar-refractivity contribution in [3.63, 3.8) is 0 Å². The molecule has 0 fully saturated rings. The van der Waals surface area contributed by atoms with Gasteiger partial charge in [0.15, 0.2) is 13.1 Å². The lowest BCUT2D eigenvalue weighted by atomic mass is 9.73. The molecule has 0 aliphatic heterocycles. The Balaban J connectivity index is 2.12. The Hall–Kier alpha value is -2.63. The Morgan fingerprint density at radius 3 is 2.38 bits per heavy atom.